The summed E-state index contributed by atoms with van der Waals surface area (Å²) in [5.74, 6) is 0.689. The number of nitrogens with zero attached hydrogens (tertiary/aromatic N) is 1. The SMILES string of the molecule is Cc1ccc(OCCS(=O)(=O)N2CCCC(N)C2)cc1.Cl. The first-order chi connectivity index (χ1) is 9.47. The fourth-order valence-electron chi connectivity index (χ4n) is 2.26. The summed E-state index contributed by atoms with van der Waals surface area (Å²) < 4.78 is 31.3. The molecule has 1 atom stereocenters. The summed E-state index contributed by atoms with van der Waals surface area (Å²) in [6.45, 7) is 3.15. The van der Waals surface area contributed by atoms with Crippen molar-refractivity contribution >= 4 is 22.4 Å². The zero-order valence-corrected chi connectivity index (χ0v) is 13.8. The highest BCUT2D eigenvalue weighted by Gasteiger charge is 2.27. The van der Waals surface area contributed by atoms with Gasteiger partial charge in [0.05, 0.1) is 5.75 Å². The van der Waals surface area contributed by atoms with Crippen molar-refractivity contribution in [2.75, 3.05) is 25.4 Å². The van der Waals surface area contributed by atoms with Crippen LogP contribution in [-0.4, -0.2) is 44.2 Å². The summed E-state index contributed by atoms with van der Waals surface area (Å²) in [7, 11) is -3.27. The first-order valence-corrected chi connectivity index (χ1v) is 8.51. The van der Waals surface area contributed by atoms with Crippen LogP contribution in [0.2, 0.25) is 0 Å². The van der Waals surface area contributed by atoms with Crippen molar-refractivity contribution in [1.29, 1.82) is 0 Å². The Morgan fingerprint density at radius 3 is 2.62 bits per heavy atom. The number of rotatable bonds is 5. The predicted molar refractivity (Wildman–Crippen MR) is 86.5 cm³/mol. The van der Waals surface area contributed by atoms with Gasteiger partial charge in [-0.15, -0.1) is 12.4 Å². The van der Waals surface area contributed by atoms with Crippen LogP contribution in [0.25, 0.3) is 0 Å². The van der Waals surface area contributed by atoms with Crippen molar-refractivity contribution < 1.29 is 13.2 Å². The molecule has 1 aliphatic heterocycles. The molecule has 0 amide bonds. The Bertz CT molecular complexity index is 534. The largest absolute Gasteiger partial charge is 0.492 e. The molecule has 120 valence electrons. The van der Waals surface area contributed by atoms with Crippen molar-refractivity contribution in [1.82, 2.24) is 4.31 Å². The molecule has 0 spiro atoms. The molecule has 1 aromatic rings. The smallest absolute Gasteiger partial charge is 0.217 e. The molecule has 1 aliphatic rings. The van der Waals surface area contributed by atoms with Gasteiger partial charge in [-0.25, -0.2) is 12.7 Å². The van der Waals surface area contributed by atoms with Crippen molar-refractivity contribution in [3.8, 4) is 5.75 Å². The van der Waals surface area contributed by atoms with Gasteiger partial charge in [-0.05, 0) is 31.9 Å². The fraction of sp³-hybridized carbons (Fsp3) is 0.571. The monoisotopic (exact) mass is 334 g/mol. The molecular weight excluding hydrogens is 312 g/mol. The number of aryl methyl sites for hydroxylation is 1. The predicted octanol–water partition coefficient (Wildman–Crippen LogP) is 1.55. The molecule has 5 nitrogen and oxygen atoms in total. The van der Waals surface area contributed by atoms with Gasteiger partial charge in [0, 0.05) is 19.1 Å². The molecule has 0 aromatic heterocycles. The van der Waals surface area contributed by atoms with Crippen molar-refractivity contribution in [3.63, 3.8) is 0 Å². The Balaban J connectivity index is 0.00000220. The molecule has 0 aliphatic carbocycles. The van der Waals surface area contributed by atoms with Gasteiger partial charge < -0.3 is 10.5 Å². The van der Waals surface area contributed by atoms with Gasteiger partial charge in [-0.2, -0.15) is 0 Å². The van der Waals surface area contributed by atoms with Crippen LogP contribution in [0.3, 0.4) is 0 Å². The van der Waals surface area contributed by atoms with Crippen LogP contribution < -0.4 is 10.5 Å². The lowest BCUT2D eigenvalue weighted by molar-refractivity contribution is 0.305. The average Bonchev–Trinajstić information content (AvgIpc) is 2.41. The molecule has 2 rings (SSSR count). The molecule has 1 fully saturated rings. The standard InChI is InChI=1S/C14H22N2O3S.ClH/c1-12-4-6-14(7-5-12)19-9-10-20(17,18)16-8-2-3-13(15)11-16;/h4-7,13H,2-3,8-11,15H2,1H3;1H. The van der Waals surface area contributed by atoms with E-state index < -0.39 is 10.0 Å². The van der Waals surface area contributed by atoms with Crippen molar-refractivity contribution in [2.24, 2.45) is 5.73 Å². The molecule has 1 saturated heterocycles. The van der Waals surface area contributed by atoms with E-state index in [1.807, 2.05) is 31.2 Å². The lowest BCUT2D eigenvalue weighted by Crippen LogP contribution is -2.46. The van der Waals surface area contributed by atoms with E-state index in [4.69, 9.17) is 10.5 Å². The molecule has 0 bridgehead atoms. The van der Waals surface area contributed by atoms with Gasteiger partial charge in [-0.1, -0.05) is 17.7 Å². The second-order valence-corrected chi connectivity index (χ2v) is 7.33. The Hall–Kier alpha value is -0.820. The zero-order chi connectivity index (χ0) is 14.6. The number of halogens is 1. The van der Waals surface area contributed by atoms with Crippen LogP contribution in [0.4, 0.5) is 0 Å². The summed E-state index contributed by atoms with van der Waals surface area (Å²) in [4.78, 5) is 0. The summed E-state index contributed by atoms with van der Waals surface area (Å²) >= 11 is 0. The number of benzene rings is 1. The number of ether oxygens (including phenoxy) is 1. The summed E-state index contributed by atoms with van der Waals surface area (Å²) in [6, 6.07) is 7.52. The lowest BCUT2D eigenvalue weighted by Gasteiger charge is -2.29. The second kappa shape index (κ2) is 7.98. The Morgan fingerprint density at radius 1 is 1.33 bits per heavy atom. The minimum Gasteiger partial charge on any atom is -0.492 e. The van der Waals surface area contributed by atoms with E-state index in [0.717, 1.165) is 18.4 Å². The molecule has 2 N–H and O–H groups in total. The topological polar surface area (TPSA) is 72.6 Å². The number of nitrogens with two attached hydrogens (primary N) is 1. The van der Waals surface area contributed by atoms with Crippen molar-refractivity contribution in [3.05, 3.63) is 29.8 Å². The Morgan fingerprint density at radius 2 is 2.00 bits per heavy atom. The first kappa shape index (κ1) is 18.2. The molecule has 7 heteroatoms. The van der Waals surface area contributed by atoms with Gasteiger partial charge in [-0.3, -0.25) is 0 Å². The Kier molecular flexibility index (Phi) is 6.93. The maximum absolute atomic E-state index is 12.2. The third kappa shape index (κ3) is 5.47. The maximum Gasteiger partial charge on any atom is 0.217 e. The number of piperidine rings is 1. The number of hydrogen-bond acceptors (Lipinski definition) is 4. The van der Waals surface area contributed by atoms with Crippen LogP contribution in [0.5, 0.6) is 5.75 Å². The van der Waals surface area contributed by atoms with Crippen LogP contribution in [0.1, 0.15) is 18.4 Å². The third-order valence-electron chi connectivity index (χ3n) is 3.44. The zero-order valence-electron chi connectivity index (χ0n) is 12.2. The van der Waals surface area contributed by atoms with Gasteiger partial charge in [0.15, 0.2) is 0 Å². The van der Waals surface area contributed by atoms with E-state index in [0.29, 0.717) is 18.8 Å². The summed E-state index contributed by atoms with van der Waals surface area (Å²) in [5.41, 5.74) is 6.96. The molecular formula is C14H23ClN2O3S. The van der Waals surface area contributed by atoms with Crippen molar-refractivity contribution in [2.45, 2.75) is 25.8 Å². The van der Waals surface area contributed by atoms with Crippen LogP contribution >= 0.6 is 12.4 Å². The van der Waals surface area contributed by atoms with Crippen LogP contribution in [-0.2, 0) is 10.0 Å². The summed E-state index contributed by atoms with van der Waals surface area (Å²) in [6.07, 6.45) is 1.73. The van der Waals surface area contributed by atoms with Gasteiger partial charge in [0.2, 0.25) is 10.0 Å². The van der Waals surface area contributed by atoms with E-state index >= 15 is 0 Å². The third-order valence-corrected chi connectivity index (χ3v) is 5.25. The first-order valence-electron chi connectivity index (χ1n) is 6.90. The van der Waals surface area contributed by atoms with Gasteiger partial charge in [0.1, 0.15) is 12.4 Å². The highest BCUT2D eigenvalue weighted by Crippen LogP contribution is 2.14. The average molecular weight is 335 g/mol. The molecule has 21 heavy (non-hydrogen) atoms. The highest BCUT2D eigenvalue weighted by atomic mass is 35.5. The normalized spacial score (nSPS) is 19.8. The molecule has 0 saturated carbocycles. The van der Waals surface area contributed by atoms with E-state index in [1.165, 1.54) is 4.31 Å². The van der Waals surface area contributed by atoms with E-state index in [-0.39, 0.29) is 30.8 Å². The van der Waals surface area contributed by atoms with Crippen LogP contribution in [0.15, 0.2) is 24.3 Å². The lowest BCUT2D eigenvalue weighted by atomic mass is 10.1. The minimum atomic E-state index is -3.27. The summed E-state index contributed by atoms with van der Waals surface area (Å²) in [5, 5.41) is 0. The van der Waals surface area contributed by atoms with E-state index in [2.05, 4.69) is 0 Å². The molecule has 0 radical (unpaired) electrons. The molecule has 1 aromatic carbocycles. The molecule has 1 unspecified atom stereocenters. The van der Waals surface area contributed by atoms with E-state index in [1.54, 1.807) is 0 Å². The van der Waals surface area contributed by atoms with Crippen LogP contribution in [0, 0.1) is 6.92 Å². The highest BCUT2D eigenvalue weighted by molar-refractivity contribution is 7.89. The quantitative estimate of drug-likeness (QED) is 0.886. The van der Waals surface area contributed by atoms with Gasteiger partial charge in [0.25, 0.3) is 0 Å². The minimum absolute atomic E-state index is 0. The number of sulfonamides is 1. The second-order valence-electron chi connectivity index (χ2n) is 5.24. The van der Waals surface area contributed by atoms with Gasteiger partial charge >= 0.3 is 0 Å². The fourth-order valence-corrected chi connectivity index (χ4v) is 3.63. The maximum atomic E-state index is 12.2. The Labute approximate surface area is 132 Å². The molecule has 1 heterocycles. The number of hydrogen-bond donors (Lipinski definition) is 1. The van der Waals surface area contributed by atoms with E-state index in [9.17, 15) is 8.42 Å².